The van der Waals surface area contributed by atoms with E-state index in [1.807, 2.05) is 24.3 Å². The van der Waals surface area contributed by atoms with Crippen LogP contribution in [0.1, 0.15) is 44.7 Å². The van der Waals surface area contributed by atoms with Gasteiger partial charge in [-0.05, 0) is 41.5 Å². The minimum Gasteiger partial charge on any atom is -0.485 e. The number of nitrogens with one attached hydrogen (secondary N) is 2. The van der Waals surface area contributed by atoms with Crippen LogP contribution in [0, 0.1) is 0 Å². The normalized spacial score (nSPS) is 19.2. The first kappa shape index (κ1) is 19.3. The Morgan fingerprint density at radius 1 is 0.966 bits per heavy atom. The number of benzene rings is 2. The molecule has 1 unspecified atom stereocenters. The molecule has 1 aliphatic carbocycles. The first-order chi connectivity index (χ1) is 13.8. The number of para-hydroxylation sites is 2. The van der Waals surface area contributed by atoms with E-state index in [-0.39, 0.29) is 17.9 Å². The minimum atomic E-state index is -0.813. The molecule has 0 radical (unpaired) electrons. The summed E-state index contributed by atoms with van der Waals surface area (Å²) < 4.78 is 11.2. The molecule has 0 aromatic heterocycles. The van der Waals surface area contributed by atoms with Gasteiger partial charge in [-0.1, -0.05) is 57.2 Å². The van der Waals surface area contributed by atoms with Gasteiger partial charge in [0.1, 0.15) is 6.61 Å². The van der Waals surface area contributed by atoms with Gasteiger partial charge in [0.25, 0.3) is 5.91 Å². The molecule has 1 heterocycles. The smallest absolute Gasteiger partial charge is 0.283 e. The maximum Gasteiger partial charge on any atom is 0.283 e. The first-order valence-electron chi connectivity index (χ1n) is 9.89. The van der Waals surface area contributed by atoms with Crippen molar-refractivity contribution in [3.63, 3.8) is 0 Å². The summed E-state index contributed by atoms with van der Waals surface area (Å²) in [5.74, 6) is 0.484. The van der Waals surface area contributed by atoms with Crippen molar-refractivity contribution in [2.24, 2.45) is 0 Å². The Kier molecular flexibility index (Phi) is 4.73. The third-order valence-electron chi connectivity index (χ3n) is 5.59. The number of carbonyl (C=O) groups excluding carboxylic acids is 2. The Bertz CT molecular complexity index is 927. The summed E-state index contributed by atoms with van der Waals surface area (Å²) in [5, 5.41) is 0. The molecular weight excluding hydrogens is 368 g/mol. The zero-order chi connectivity index (χ0) is 20.6. The lowest BCUT2D eigenvalue weighted by atomic mass is 9.85. The van der Waals surface area contributed by atoms with Gasteiger partial charge in [0.15, 0.2) is 11.5 Å². The number of ether oxygens (including phenoxy) is 2. The van der Waals surface area contributed by atoms with Gasteiger partial charge in [0.05, 0.1) is 5.41 Å². The highest BCUT2D eigenvalue weighted by atomic mass is 16.6. The zero-order valence-electron chi connectivity index (χ0n) is 17.0. The van der Waals surface area contributed by atoms with Crippen LogP contribution in [0.25, 0.3) is 0 Å². The van der Waals surface area contributed by atoms with Crippen LogP contribution in [0.3, 0.4) is 0 Å². The molecule has 152 valence electrons. The molecule has 2 N–H and O–H groups in total. The Balaban J connectivity index is 1.37. The quantitative estimate of drug-likeness (QED) is 0.785. The fourth-order valence-electron chi connectivity index (χ4n) is 3.53. The number of carbonyl (C=O) groups is 2. The lowest BCUT2D eigenvalue weighted by molar-refractivity contribution is -0.135. The summed E-state index contributed by atoms with van der Waals surface area (Å²) in [5.41, 5.74) is 6.76. The topological polar surface area (TPSA) is 76.7 Å². The third-order valence-corrected chi connectivity index (χ3v) is 5.59. The summed E-state index contributed by atoms with van der Waals surface area (Å²) in [6, 6.07) is 15.4. The molecule has 6 nitrogen and oxygen atoms in total. The molecule has 0 spiro atoms. The van der Waals surface area contributed by atoms with Gasteiger partial charge in [-0.15, -0.1) is 0 Å². The van der Waals surface area contributed by atoms with Crippen molar-refractivity contribution in [2.75, 3.05) is 6.61 Å². The summed E-state index contributed by atoms with van der Waals surface area (Å²) in [6.07, 6.45) is 0.714. The zero-order valence-corrected chi connectivity index (χ0v) is 17.0. The molecule has 1 atom stereocenters. The third kappa shape index (κ3) is 3.79. The second-order valence-electron chi connectivity index (χ2n) is 8.72. The maximum atomic E-state index is 12.8. The minimum absolute atomic E-state index is 0.0617. The molecule has 1 fully saturated rings. The molecule has 2 aromatic carbocycles. The van der Waals surface area contributed by atoms with Crippen LogP contribution < -0.4 is 20.3 Å². The van der Waals surface area contributed by atoms with Crippen LogP contribution in [-0.2, 0) is 20.4 Å². The molecule has 2 aliphatic rings. The fraction of sp³-hybridized carbons (Fsp3) is 0.391. The van der Waals surface area contributed by atoms with E-state index in [9.17, 15) is 9.59 Å². The fourth-order valence-corrected chi connectivity index (χ4v) is 3.53. The van der Waals surface area contributed by atoms with E-state index < -0.39 is 17.4 Å². The summed E-state index contributed by atoms with van der Waals surface area (Å²) in [6.45, 7) is 6.57. The Hall–Kier alpha value is -3.02. The van der Waals surface area contributed by atoms with E-state index >= 15 is 0 Å². The lowest BCUT2D eigenvalue weighted by Gasteiger charge is -2.26. The van der Waals surface area contributed by atoms with E-state index in [4.69, 9.17) is 9.47 Å². The van der Waals surface area contributed by atoms with Gasteiger partial charge in [-0.3, -0.25) is 20.4 Å². The lowest BCUT2D eigenvalue weighted by Crippen LogP contribution is -2.53. The second kappa shape index (κ2) is 7.10. The number of hydrogen-bond donors (Lipinski definition) is 2. The molecule has 4 rings (SSSR count). The van der Waals surface area contributed by atoms with E-state index in [0.717, 1.165) is 18.4 Å². The van der Waals surface area contributed by atoms with Crippen molar-refractivity contribution in [2.45, 2.75) is 50.5 Å². The number of hydrazine groups is 1. The summed E-state index contributed by atoms with van der Waals surface area (Å²) in [4.78, 5) is 25.2. The van der Waals surface area contributed by atoms with Gasteiger partial charge in [0.2, 0.25) is 12.0 Å². The molecule has 1 aliphatic heterocycles. The van der Waals surface area contributed by atoms with Gasteiger partial charge in [0, 0.05) is 0 Å². The predicted octanol–water partition coefficient (Wildman–Crippen LogP) is 3.00. The van der Waals surface area contributed by atoms with Crippen LogP contribution in [0.2, 0.25) is 0 Å². The molecule has 1 saturated carbocycles. The highest BCUT2D eigenvalue weighted by Crippen LogP contribution is 2.48. The second-order valence-corrected chi connectivity index (χ2v) is 8.72. The first-order valence-corrected chi connectivity index (χ1v) is 9.89. The van der Waals surface area contributed by atoms with Crippen molar-refractivity contribution in [3.8, 4) is 11.5 Å². The molecule has 29 heavy (non-hydrogen) atoms. The average molecular weight is 394 g/mol. The number of fused-ring (bicyclic) bond motifs is 1. The Labute approximate surface area is 170 Å². The molecule has 0 saturated heterocycles. The standard InChI is InChI=1S/C23H26N2O4/c1-22(2,3)15-8-10-16(11-9-15)23(12-13-23)21(27)25-24-20(26)19-14-28-17-6-4-5-7-18(17)29-19/h4-11,19H,12-14H2,1-3H3,(H,24,26)(H,25,27). The molecular formula is C23H26N2O4. The Morgan fingerprint density at radius 2 is 1.62 bits per heavy atom. The van der Waals surface area contributed by atoms with Crippen molar-refractivity contribution in [1.29, 1.82) is 0 Å². The van der Waals surface area contributed by atoms with Crippen molar-refractivity contribution in [3.05, 3.63) is 59.7 Å². The van der Waals surface area contributed by atoms with Crippen LogP contribution in [0.5, 0.6) is 11.5 Å². The number of hydrogen-bond acceptors (Lipinski definition) is 4. The van der Waals surface area contributed by atoms with Crippen LogP contribution >= 0.6 is 0 Å². The summed E-state index contributed by atoms with van der Waals surface area (Å²) >= 11 is 0. The van der Waals surface area contributed by atoms with E-state index in [2.05, 4.69) is 43.8 Å². The average Bonchev–Trinajstić information content (AvgIpc) is 3.53. The molecule has 2 amide bonds. The predicted molar refractivity (Wildman–Crippen MR) is 109 cm³/mol. The van der Waals surface area contributed by atoms with E-state index in [1.165, 1.54) is 5.56 Å². The number of rotatable bonds is 3. The van der Waals surface area contributed by atoms with Crippen molar-refractivity contribution in [1.82, 2.24) is 10.9 Å². The summed E-state index contributed by atoms with van der Waals surface area (Å²) in [7, 11) is 0. The maximum absolute atomic E-state index is 12.8. The Morgan fingerprint density at radius 3 is 2.24 bits per heavy atom. The van der Waals surface area contributed by atoms with E-state index in [0.29, 0.717) is 11.5 Å². The van der Waals surface area contributed by atoms with Gasteiger partial charge >= 0.3 is 0 Å². The van der Waals surface area contributed by atoms with Crippen LogP contribution in [0.4, 0.5) is 0 Å². The highest BCUT2D eigenvalue weighted by molar-refractivity contribution is 5.93. The monoisotopic (exact) mass is 394 g/mol. The van der Waals surface area contributed by atoms with Crippen molar-refractivity contribution < 1.29 is 19.1 Å². The SMILES string of the molecule is CC(C)(C)c1ccc(C2(C(=O)NNC(=O)C3COc4ccccc4O3)CC2)cc1. The highest BCUT2D eigenvalue weighted by Gasteiger charge is 2.51. The van der Waals surface area contributed by atoms with Crippen molar-refractivity contribution >= 4 is 11.8 Å². The van der Waals surface area contributed by atoms with Crippen LogP contribution in [-0.4, -0.2) is 24.5 Å². The van der Waals surface area contributed by atoms with Gasteiger partial charge in [-0.25, -0.2) is 0 Å². The van der Waals surface area contributed by atoms with E-state index in [1.54, 1.807) is 12.1 Å². The van der Waals surface area contributed by atoms with Gasteiger partial charge < -0.3 is 9.47 Å². The molecule has 6 heteroatoms. The molecule has 0 bridgehead atoms. The number of amides is 2. The van der Waals surface area contributed by atoms with Crippen LogP contribution in [0.15, 0.2) is 48.5 Å². The largest absolute Gasteiger partial charge is 0.485 e. The van der Waals surface area contributed by atoms with Gasteiger partial charge in [-0.2, -0.15) is 0 Å². The molecule has 2 aromatic rings.